The van der Waals surface area contributed by atoms with E-state index in [4.69, 9.17) is 5.10 Å². The molecule has 3 rings (SSSR count). The molecular formula is C33H45N5O2. The Hall–Kier alpha value is -3.74. The third-order valence-corrected chi connectivity index (χ3v) is 6.93. The molecule has 1 aromatic heterocycles. The average Bonchev–Trinajstić information content (AvgIpc) is 3.40. The molecule has 0 spiro atoms. The Morgan fingerprint density at radius 1 is 0.825 bits per heavy atom. The Morgan fingerprint density at radius 2 is 1.45 bits per heavy atom. The minimum atomic E-state index is -0.365. The van der Waals surface area contributed by atoms with Crippen LogP contribution in [0.5, 0.6) is 0 Å². The van der Waals surface area contributed by atoms with Crippen molar-refractivity contribution in [2.45, 2.75) is 90.9 Å². The van der Waals surface area contributed by atoms with E-state index in [1.807, 2.05) is 67.7 Å². The van der Waals surface area contributed by atoms with Crippen LogP contribution in [-0.4, -0.2) is 34.4 Å². The topological polar surface area (TPSA) is 88.4 Å². The summed E-state index contributed by atoms with van der Waals surface area (Å²) in [5, 5.41) is 11.6. The van der Waals surface area contributed by atoms with Crippen LogP contribution in [0.3, 0.4) is 0 Å². The number of rotatable bonds is 18. The fourth-order valence-corrected chi connectivity index (χ4v) is 4.56. The van der Waals surface area contributed by atoms with Crippen LogP contribution in [0.2, 0.25) is 0 Å². The van der Waals surface area contributed by atoms with E-state index in [0.717, 1.165) is 35.3 Å². The van der Waals surface area contributed by atoms with E-state index in [-0.39, 0.29) is 18.4 Å². The van der Waals surface area contributed by atoms with Gasteiger partial charge >= 0.3 is 0 Å². The Morgan fingerprint density at radius 3 is 2.10 bits per heavy atom. The van der Waals surface area contributed by atoms with E-state index >= 15 is 0 Å². The Bertz CT molecular complexity index is 1190. The van der Waals surface area contributed by atoms with Crippen LogP contribution in [0, 0.1) is 6.92 Å². The average molecular weight is 544 g/mol. The lowest BCUT2D eigenvalue weighted by atomic mass is 10.1. The van der Waals surface area contributed by atoms with Gasteiger partial charge in [0.05, 0.1) is 18.4 Å². The van der Waals surface area contributed by atoms with E-state index in [2.05, 4.69) is 22.8 Å². The van der Waals surface area contributed by atoms with Gasteiger partial charge in [0, 0.05) is 23.7 Å². The largest absolute Gasteiger partial charge is 0.347 e. The van der Waals surface area contributed by atoms with Gasteiger partial charge in [-0.2, -0.15) is 10.2 Å². The lowest BCUT2D eigenvalue weighted by Gasteiger charge is -2.05. The van der Waals surface area contributed by atoms with E-state index in [0.29, 0.717) is 6.42 Å². The van der Waals surface area contributed by atoms with E-state index in [9.17, 15) is 9.59 Å². The van der Waals surface area contributed by atoms with Crippen molar-refractivity contribution in [3.8, 4) is 16.9 Å². The van der Waals surface area contributed by atoms with Crippen molar-refractivity contribution in [1.29, 1.82) is 0 Å². The maximum Gasteiger partial charge on any atom is 0.259 e. The Kier molecular flexibility index (Phi) is 13.7. The minimum Gasteiger partial charge on any atom is -0.347 e. The van der Waals surface area contributed by atoms with Gasteiger partial charge in [-0.15, -0.1) is 0 Å². The summed E-state index contributed by atoms with van der Waals surface area (Å²) >= 11 is 0. The van der Waals surface area contributed by atoms with Crippen molar-refractivity contribution in [3.05, 3.63) is 71.9 Å². The first-order valence-electron chi connectivity index (χ1n) is 14.9. The molecule has 0 aliphatic heterocycles. The number of aryl methyl sites for hydroxylation is 1. The molecule has 214 valence electrons. The second-order valence-corrected chi connectivity index (χ2v) is 10.4. The number of amides is 2. The molecule has 7 nitrogen and oxygen atoms in total. The quantitative estimate of drug-likeness (QED) is 0.102. The number of hydrogen-bond acceptors (Lipinski definition) is 4. The van der Waals surface area contributed by atoms with Gasteiger partial charge in [-0.05, 0) is 25.5 Å². The third kappa shape index (κ3) is 11.2. The summed E-state index contributed by atoms with van der Waals surface area (Å²) in [6.45, 7) is 4.20. The van der Waals surface area contributed by atoms with Gasteiger partial charge in [-0.3, -0.25) is 9.59 Å². The van der Waals surface area contributed by atoms with Crippen LogP contribution >= 0.6 is 0 Å². The summed E-state index contributed by atoms with van der Waals surface area (Å²) in [6, 6.07) is 18.0. The number of benzene rings is 2. The molecule has 2 aromatic carbocycles. The highest BCUT2D eigenvalue weighted by atomic mass is 16.2. The number of nitrogens with zero attached hydrogens (tertiary/aromatic N) is 3. The molecule has 2 amide bonds. The van der Waals surface area contributed by atoms with Crippen LogP contribution in [0.15, 0.2) is 65.9 Å². The molecule has 40 heavy (non-hydrogen) atoms. The van der Waals surface area contributed by atoms with Crippen LogP contribution in [0.25, 0.3) is 16.9 Å². The molecule has 0 aliphatic carbocycles. The molecule has 0 bridgehead atoms. The fourth-order valence-electron chi connectivity index (χ4n) is 4.56. The molecule has 3 aromatic rings. The minimum absolute atomic E-state index is 0.0949. The maximum atomic E-state index is 12.3. The highest BCUT2D eigenvalue weighted by Crippen LogP contribution is 2.23. The van der Waals surface area contributed by atoms with Gasteiger partial charge in [-0.1, -0.05) is 119 Å². The Balaban J connectivity index is 1.38. The predicted octanol–water partition coefficient (Wildman–Crippen LogP) is 7.12. The zero-order valence-electron chi connectivity index (χ0n) is 24.2. The number of unbranched alkanes of at least 4 members (excludes halogenated alkanes) is 10. The molecule has 0 atom stereocenters. The number of aromatic nitrogens is 2. The van der Waals surface area contributed by atoms with Crippen molar-refractivity contribution in [3.63, 3.8) is 0 Å². The molecule has 2 N–H and O–H groups in total. The highest BCUT2D eigenvalue weighted by molar-refractivity contribution is 5.90. The van der Waals surface area contributed by atoms with Crippen LogP contribution in [-0.2, 0) is 9.59 Å². The molecule has 0 unspecified atom stereocenters. The van der Waals surface area contributed by atoms with Crippen molar-refractivity contribution in [2.75, 3.05) is 6.54 Å². The first kappa shape index (κ1) is 30.8. The first-order valence-corrected chi connectivity index (χ1v) is 14.9. The van der Waals surface area contributed by atoms with Crippen LogP contribution < -0.4 is 10.7 Å². The van der Waals surface area contributed by atoms with Crippen LogP contribution in [0.1, 0.15) is 95.1 Å². The third-order valence-electron chi connectivity index (χ3n) is 6.93. The predicted molar refractivity (Wildman–Crippen MR) is 164 cm³/mol. The second-order valence-electron chi connectivity index (χ2n) is 10.4. The Labute approximate surface area is 239 Å². The van der Waals surface area contributed by atoms with Gasteiger partial charge in [0.25, 0.3) is 5.91 Å². The summed E-state index contributed by atoms with van der Waals surface area (Å²) in [5.74, 6) is -0.461. The highest BCUT2D eigenvalue weighted by Gasteiger charge is 2.11. The van der Waals surface area contributed by atoms with Gasteiger partial charge in [0.15, 0.2) is 0 Å². The number of nitrogens with one attached hydrogen (secondary N) is 2. The summed E-state index contributed by atoms with van der Waals surface area (Å²) in [5.41, 5.74) is 7.11. The van der Waals surface area contributed by atoms with E-state index < -0.39 is 0 Å². The SMILES string of the molecule is CCCCCCCCCCCCCC(=O)NCC(=O)N/N=C\c1cn(-c2ccccc2)nc1-c1ccc(C)cc1. The van der Waals surface area contributed by atoms with E-state index in [1.54, 1.807) is 10.9 Å². The smallest absolute Gasteiger partial charge is 0.259 e. The number of carbonyl (C=O) groups is 2. The molecular weight excluding hydrogens is 498 g/mol. The molecule has 0 saturated carbocycles. The van der Waals surface area contributed by atoms with E-state index in [1.165, 1.54) is 63.4 Å². The lowest BCUT2D eigenvalue weighted by Crippen LogP contribution is -2.34. The maximum absolute atomic E-state index is 12.3. The second kappa shape index (κ2) is 17.8. The number of hydrogen-bond donors (Lipinski definition) is 2. The summed E-state index contributed by atoms with van der Waals surface area (Å²) < 4.78 is 1.80. The zero-order chi connectivity index (χ0) is 28.4. The molecule has 0 saturated heterocycles. The standard InChI is InChI=1S/C33H45N5O2/c1-3-4-5-6-7-8-9-10-11-12-16-19-31(39)34-25-32(40)36-35-24-29-26-38(30-17-14-13-15-18-30)37-33(29)28-22-20-27(2)21-23-28/h13-15,17-18,20-24,26H,3-12,16,19,25H2,1-2H3,(H,34,39)(H,36,40)/b35-24-. The van der Waals surface area contributed by atoms with Gasteiger partial charge in [0.2, 0.25) is 5.91 Å². The molecule has 1 heterocycles. The molecule has 7 heteroatoms. The van der Waals surface area contributed by atoms with Gasteiger partial charge in [0.1, 0.15) is 5.69 Å². The normalized spacial score (nSPS) is 11.2. The summed E-state index contributed by atoms with van der Waals surface area (Å²) in [7, 11) is 0. The monoisotopic (exact) mass is 543 g/mol. The molecule has 0 aliphatic rings. The number of hydrazone groups is 1. The van der Waals surface area contributed by atoms with Crippen LogP contribution in [0.4, 0.5) is 0 Å². The summed E-state index contributed by atoms with van der Waals surface area (Å²) in [6.07, 6.45) is 17.6. The van der Waals surface area contributed by atoms with Crippen molar-refractivity contribution in [1.82, 2.24) is 20.5 Å². The zero-order valence-corrected chi connectivity index (χ0v) is 24.2. The van der Waals surface area contributed by atoms with Gasteiger partial charge < -0.3 is 5.32 Å². The van der Waals surface area contributed by atoms with Crippen molar-refractivity contribution in [2.24, 2.45) is 5.10 Å². The number of para-hydroxylation sites is 1. The lowest BCUT2D eigenvalue weighted by molar-refractivity contribution is -0.126. The number of carbonyl (C=O) groups excluding carboxylic acids is 2. The summed E-state index contributed by atoms with van der Waals surface area (Å²) in [4.78, 5) is 24.4. The van der Waals surface area contributed by atoms with Crippen molar-refractivity contribution >= 4 is 18.0 Å². The molecule has 0 fully saturated rings. The molecule has 0 radical (unpaired) electrons. The fraction of sp³-hybridized carbons (Fsp3) is 0.455. The van der Waals surface area contributed by atoms with Gasteiger partial charge in [-0.25, -0.2) is 10.1 Å². The first-order chi connectivity index (χ1) is 19.6. The van der Waals surface area contributed by atoms with Crippen molar-refractivity contribution < 1.29 is 9.59 Å².